The van der Waals surface area contributed by atoms with E-state index in [4.69, 9.17) is 9.47 Å². The fourth-order valence-corrected chi connectivity index (χ4v) is 2.59. The summed E-state index contributed by atoms with van der Waals surface area (Å²) in [5, 5.41) is 0. The van der Waals surface area contributed by atoms with Crippen molar-refractivity contribution in [2.45, 2.75) is 25.4 Å². The smallest absolute Gasteiger partial charge is 0.283 e. The van der Waals surface area contributed by atoms with E-state index >= 15 is 0 Å². The Bertz CT molecular complexity index is 748. The van der Waals surface area contributed by atoms with Crippen molar-refractivity contribution in [2.24, 2.45) is 0 Å². The van der Waals surface area contributed by atoms with E-state index in [-0.39, 0.29) is 24.9 Å². The quantitative estimate of drug-likeness (QED) is 0.837. The average molecular weight is 340 g/mol. The molecule has 2 aromatic carbocycles. The van der Waals surface area contributed by atoms with Crippen LogP contribution in [-0.2, 0) is 9.59 Å². The average Bonchev–Trinajstić information content (AvgIpc) is 2.66. The molecule has 2 aromatic rings. The Hall–Kier alpha value is -3.02. The van der Waals surface area contributed by atoms with Crippen LogP contribution in [0.25, 0.3) is 0 Å². The van der Waals surface area contributed by atoms with Crippen LogP contribution in [0, 0.1) is 0 Å². The van der Waals surface area contributed by atoms with Crippen LogP contribution in [0.1, 0.15) is 24.8 Å². The van der Waals surface area contributed by atoms with Crippen LogP contribution in [0.15, 0.2) is 54.6 Å². The normalized spacial score (nSPS) is 16.6. The number of hydrogen-bond donors (Lipinski definition) is 2. The largest absolute Gasteiger partial charge is 0.485 e. The van der Waals surface area contributed by atoms with Gasteiger partial charge in [0.2, 0.25) is 12.0 Å². The van der Waals surface area contributed by atoms with Crippen LogP contribution in [0.5, 0.6) is 11.5 Å². The lowest BCUT2D eigenvalue weighted by atomic mass is 9.98. The van der Waals surface area contributed by atoms with Crippen molar-refractivity contribution in [3.8, 4) is 11.5 Å². The van der Waals surface area contributed by atoms with Gasteiger partial charge in [0, 0.05) is 6.42 Å². The first-order chi connectivity index (χ1) is 12.1. The van der Waals surface area contributed by atoms with Crippen LogP contribution in [0.4, 0.5) is 0 Å². The number of benzene rings is 2. The molecule has 0 spiro atoms. The van der Waals surface area contributed by atoms with Crippen molar-refractivity contribution in [1.29, 1.82) is 0 Å². The minimum Gasteiger partial charge on any atom is -0.485 e. The van der Waals surface area contributed by atoms with Crippen molar-refractivity contribution in [1.82, 2.24) is 10.9 Å². The first-order valence-corrected chi connectivity index (χ1v) is 8.15. The molecule has 0 aliphatic carbocycles. The molecule has 0 fully saturated rings. The molecule has 130 valence electrons. The van der Waals surface area contributed by atoms with E-state index in [9.17, 15) is 9.59 Å². The Kier molecular flexibility index (Phi) is 5.18. The first kappa shape index (κ1) is 16.8. The predicted octanol–water partition coefficient (Wildman–Crippen LogP) is 2.17. The van der Waals surface area contributed by atoms with Gasteiger partial charge in [0.05, 0.1) is 0 Å². The van der Waals surface area contributed by atoms with E-state index in [1.165, 1.54) is 0 Å². The van der Waals surface area contributed by atoms with Crippen LogP contribution in [0.2, 0.25) is 0 Å². The Balaban J connectivity index is 1.47. The number of carbonyl (C=O) groups excluding carboxylic acids is 2. The molecule has 1 heterocycles. The van der Waals surface area contributed by atoms with E-state index in [1.54, 1.807) is 18.2 Å². The number of para-hydroxylation sites is 2. The summed E-state index contributed by atoms with van der Waals surface area (Å²) in [6.45, 7) is 2.06. The zero-order chi connectivity index (χ0) is 17.6. The molecule has 0 saturated carbocycles. The minimum absolute atomic E-state index is 0.0549. The number of nitrogens with one attached hydrogen (secondary N) is 2. The van der Waals surface area contributed by atoms with E-state index in [0.29, 0.717) is 11.5 Å². The maximum Gasteiger partial charge on any atom is 0.283 e. The number of ether oxygens (including phenoxy) is 2. The molecule has 2 unspecified atom stereocenters. The van der Waals surface area contributed by atoms with E-state index < -0.39 is 12.0 Å². The molecule has 6 heteroatoms. The second-order valence-electron chi connectivity index (χ2n) is 5.92. The Morgan fingerprint density at radius 3 is 2.48 bits per heavy atom. The summed E-state index contributed by atoms with van der Waals surface area (Å²) in [6, 6.07) is 16.9. The van der Waals surface area contributed by atoms with Gasteiger partial charge >= 0.3 is 0 Å². The molecule has 0 aromatic heterocycles. The second kappa shape index (κ2) is 7.70. The SMILES string of the molecule is CC(CC(=O)NNC(=O)C1COc2ccccc2O1)c1ccccc1. The molecule has 1 aliphatic rings. The summed E-state index contributed by atoms with van der Waals surface area (Å²) in [5.41, 5.74) is 5.90. The van der Waals surface area contributed by atoms with Gasteiger partial charge in [-0.1, -0.05) is 49.4 Å². The monoisotopic (exact) mass is 340 g/mol. The van der Waals surface area contributed by atoms with Crippen molar-refractivity contribution in [3.63, 3.8) is 0 Å². The van der Waals surface area contributed by atoms with Gasteiger partial charge in [-0.3, -0.25) is 20.4 Å². The van der Waals surface area contributed by atoms with Gasteiger partial charge in [0.25, 0.3) is 5.91 Å². The molecule has 2 amide bonds. The summed E-state index contributed by atoms with van der Waals surface area (Å²) in [6.07, 6.45) is -0.531. The molecule has 25 heavy (non-hydrogen) atoms. The highest BCUT2D eigenvalue weighted by molar-refractivity contribution is 5.85. The number of hydrogen-bond acceptors (Lipinski definition) is 4. The highest BCUT2D eigenvalue weighted by atomic mass is 16.6. The Morgan fingerprint density at radius 1 is 1.04 bits per heavy atom. The number of fused-ring (bicyclic) bond motifs is 1. The summed E-state index contributed by atoms with van der Waals surface area (Å²) in [5.74, 6) is 0.460. The summed E-state index contributed by atoms with van der Waals surface area (Å²) in [7, 11) is 0. The third-order valence-corrected chi connectivity index (χ3v) is 3.99. The molecule has 2 atom stereocenters. The van der Waals surface area contributed by atoms with Crippen molar-refractivity contribution < 1.29 is 19.1 Å². The Labute approximate surface area is 146 Å². The van der Waals surface area contributed by atoms with Gasteiger partial charge in [0.15, 0.2) is 11.5 Å². The lowest BCUT2D eigenvalue weighted by Crippen LogP contribution is -2.51. The van der Waals surface area contributed by atoms with Crippen LogP contribution >= 0.6 is 0 Å². The molecule has 0 radical (unpaired) electrons. The summed E-state index contributed by atoms with van der Waals surface area (Å²) in [4.78, 5) is 24.2. The van der Waals surface area contributed by atoms with Gasteiger partial charge in [-0.15, -0.1) is 0 Å². The van der Waals surface area contributed by atoms with Gasteiger partial charge in [0.1, 0.15) is 6.61 Å². The Morgan fingerprint density at radius 2 is 1.72 bits per heavy atom. The van der Waals surface area contributed by atoms with Crippen molar-refractivity contribution >= 4 is 11.8 Å². The summed E-state index contributed by atoms with van der Waals surface area (Å²) < 4.78 is 11.1. The van der Waals surface area contributed by atoms with E-state index in [2.05, 4.69) is 10.9 Å². The number of carbonyl (C=O) groups is 2. The zero-order valence-electron chi connectivity index (χ0n) is 13.9. The van der Waals surface area contributed by atoms with Gasteiger partial charge in [-0.2, -0.15) is 0 Å². The van der Waals surface area contributed by atoms with Crippen molar-refractivity contribution in [3.05, 3.63) is 60.2 Å². The standard InChI is InChI=1S/C19H20N2O4/c1-13(14-7-3-2-4-8-14)11-18(22)20-21-19(23)17-12-24-15-9-5-6-10-16(15)25-17/h2-10,13,17H,11-12H2,1H3,(H,20,22)(H,21,23). The topological polar surface area (TPSA) is 76.7 Å². The highest BCUT2D eigenvalue weighted by Gasteiger charge is 2.27. The first-order valence-electron chi connectivity index (χ1n) is 8.15. The van der Waals surface area contributed by atoms with Gasteiger partial charge in [-0.25, -0.2) is 0 Å². The van der Waals surface area contributed by atoms with Crippen LogP contribution in [0.3, 0.4) is 0 Å². The minimum atomic E-state index is -0.804. The number of amides is 2. The highest BCUT2D eigenvalue weighted by Crippen LogP contribution is 2.30. The van der Waals surface area contributed by atoms with E-state index in [1.807, 2.05) is 43.3 Å². The fraction of sp³-hybridized carbons (Fsp3) is 0.263. The molecule has 6 nitrogen and oxygen atoms in total. The molecule has 3 rings (SSSR count). The predicted molar refractivity (Wildman–Crippen MR) is 92.1 cm³/mol. The van der Waals surface area contributed by atoms with Gasteiger partial charge < -0.3 is 9.47 Å². The zero-order valence-corrected chi connectivity index (χ0v) is 13.9. The number of rotatable bonds is 4. The third kappa shape index (κ3) is 4.29. The molecule has 2 N–H and O–H groups in total. The van der Waals surface area contributed by atoms with Gasteiger partial charge in [-0.05, 0) is 23.6 Å². The maximum absolute atomic E-state index is 12.1. The van der Waals surface area contributed by atoms with Crippen LogP contribution in [-0.4, -0.2) is 24.5 Å². The fourth-order valence-electron chi connectivity index (χ4n) is 2.59. The molecule has 1 aliphatic heterocycles. The molecular formula is C19H20N2O4. The lowest BCUT2D eigenvalue weighted by Gasteiger charge is -2.25. The second-order valence-corrected chi connectivity index (χ2v) is 5.92. The number of hydrazine groups is 1. The maximum atomic E-state index is 12.1. The van der Waals surface area contributed by atoms with Crippen molar-refractivity contribution in [2.75, 3.05) is 6.61 Å². The third-order valence-electron chi connectivity index (χ3n) is 3.99. The molecule has 0 bridgehead atoms. The lowest BCUT2D eigenvalue weighted by molar-refractivity contribution is -0.135. The summed E-state index contributed by atoms with van der Waals surface area (Å²) >= 11 is 0. The van der Waals surface area contributed by atoms with E-state index in [0.717, 1.165) is 5.56 Å². The van der Waals surface area contributed by atoms with Crippen LogP contribution < -0.4 is 20.3 Å². The molecular weight excluding hydrogens is 320 g/mol. The molecule has 0 saturated heterocycles.